The summed E-state index contributed by atoms with van der Waals surface area (Å²) in [6.45, 7) is 4.17. The highest BCUT2D eigenvalue weighted by Crippen LogP contribution is 2.22. The van der Waals surface area contributed by atoms with Crippen LogP contribution in [0.4, 0.5) is 0 Å². The monoisotopic (exact) mass is 297 g/mol. The van der Waals surface area contributed by atoms with Gasteiger partial charge in [-0.3, -0.25) is 9.69 Å². The van der Waals surface area contributed by atoms with E-state index in [0.717, 1.165) is 11.3 Å². The second-order valence-corrected chi connectivity index (χ2v) is 6.72. The van der Waals surface area contributed by atoms with Gasteiger partial charge in [-0.1, -0.05) is 6.92 Å². The van der Waals surface area contributed by atoms with Crippen molar-refractivity contribution < 1.29 is 14.6 Å². The van der Waals surface area contributed by atoms with Crippen LogP contribution in [-0.2, 0) is 11.2 Å². The summed E-state index contributed by atoms with van der Waals surface area (Å²) in [6.07, 6.45) is 2.25. The topological polar surface area (TPSA) is 49.8 Å². The quantitative estimate of drug-likeness (QED) is 0.816. The summed E-state index contributed by atoms with van der Waals surface area (Å²) >= 11 is 1.57. The number of Topliss-reactive ketones (excluding diaryl/α,β-unsaturated/α-hetero) is 1. The van der Waals surface area contributed by atoms with Gasteiger partial charge in [0.1, 0.15) is 0 Å². The van der Waals surface area contributed by atoms with E-state index in [9.17, 15) is 9.90 Å². The van der Waals surface area contributed by atoms with Crippen LogP contribution in [0.15, 0.2) is 12.1 Å². The van der Waals surface area contributed by atoms with Crippen LogP contribution in [0.3, 0.4) is 0 Å². The van der Waals surface area contributed by atoms with E-state index in [4.69, 9.17) is 4.74 Å². The number of rotatable bonds is 6. The van der Waals surface area contributed by atoms with Crippen LogP contribution >= 0.6 is 11.3 Å². The molecule has 112 valence electrons. The van der Waals surface area contributed by atoms with Gasteiger partial charge in [-0.2, -0.15) is 0 Å². The normalized spacial score (nSPS) is 18.4. The van der Waals surface area contributed by atoms with Gasteiger partial charge in [0.15, 0.2) is 5.78 Å². The Morgan fingerprint density at radius 1 is 1.45 bits per heavy atom. The van der Waals surface area contributed by atoms with Gasteiger partial charge < -0.3 is 9.84 Å². The van der Waals surface area contributed by atoms with Crippen molar-refractivity contribution >= 4 is 17.1 Å². The second-order valence-electron chi connectivity index (χ2n) is 5.55. The van der Waals surface area contributed by atoms with Crippen LogP contribution in [0.5, 0.6) is 0 Å². The standard InChI is InChI=1S/C15H23NO3S/c1-3-12-4-5-14(20-12)13(17)10-16(2)11-15(18)6-8-19-9-7-15/h4-5,18H,3,6-11H2,1-2H3. The third-order valence-corrected chi connectivity index (χ3v) is 4.96. The Labute approximate surface area is 124 Å². The molecule has 2 heterocycles. The molecule has 0 spiro atoms. The van der Waals surface area contributed by atoms with Gasteiger partial charge in [0.2, 0.25) is 0 Å². The molecule has 0 unspecified atom stereocenters. The van der Waals surface area contributed by atoms with Gasteiger partial charge >= 0.3 is 0 Å². The lowest BCUT2D eigenvalue weighted by atomic mass is 9.94. The van der Waals surface area contributed by atoms with E-state index in [0.29, 0.717) is 39.1 Å². The van der Waals surface area contributed by atoms with E-state index in [1.807, 2.05) is 24.1 Å². The average molecular weight is 297 g/mol. The number of likely N-dealkylation sites (N-methyl/N-ethyl adjacent to an activating group) is 1. The highest BCUT2D eigenvalue weighted by atomic mass is 32.1. The van der Waals surface area contributed by atoms with E-state index in [-0.39, 0.29) is 5.78 Å². The number of thiophene rings is 1. The predicted octanol–water partition coefficient (Wildman–Crippen LogP) is 1.97. The summed E-state index contributed by atoms with van der Waals surface area (Å²) in [5.74, 6) is 0.132. The third kappa shape index (κ3) is 4.12. The maximum atomic E-state index is 12.2. The zero-order valence-corrected chi connectivity index (χ0v) is 13.0. The number of carbonyl (C=O) groups excluding carboxylic acids is 1. The molecule has 4 nitrogen and oxygen atoms in total. The fraction of sp³-hybridized carbons (Fsp3) is 0.667. The van der Waals surface area contributed by atoms with E-state index in [1.165, 1.54) is 4.88 Å². The highest BCUT2D eigenvalue weighted by molar-refractivity contribution is 7.14. The summed E-state index contributed by atoms with van der Waals surface area (Å²) in [7, 11) is 1.89. The Hall–Kier alpha value is -0.750. The predicted molar refractivity (Wildman–Crippen MR) is 80.5 cm³/mol. The SMILES string of the molecule is CCc1ccc(C(=O)CN(C)CC2(O)CCOCC2)s1. The molecule has 0 atom stereocenters. The Balaban J connectivity index is 1.87. The van der Waals surface area contributed by atoms with Crippen LogP contribution in [0.2, 0.25) is 0 Å². The Morgan fingerprint density at radius 3 is 2.75 bits per heavy atom. The van der Waals surface area contributed by atoms with Crippen molar-refractivity contribution in [1.82, 2.24) is 4.90 Å². The molecule has 1 aromatic heterocycles. The van der Waals surface area contributed by atoms with E-state index >= 15 is 0 Å². The average Bonchev–Trinajstić information content (AvgIpc) is 2.87. The van der Waals surface area contributed by atoms with Crippen LogP contribution in [0.25, 0.3) is 0 Å². The molecule has 1 aliphatic rings. The minimum absolute atomic E-state index is 0.132. The summed E-state index contributed by atoms with van der Waals surface area (Å²) < 4.78 is 5.27. The molecule has 0 bridgehead atoms. The summed E-state index contributed by atoms with van der Waals surface area (Å²) in [5, 5.41) is 10.4. The Kier molecular flexibility index (Phi) is 5.32. The third-order valence-electron chi connectivity index (χ3n) is 3.69. The molecule has 0 aromatic carbocycles. The Morgan fingerprint density at radius 2 is 2.15 bits per heavy atom. The van der Waals surface area contributed by atoms with Crippen LogP contribution in [-0.4, -0.2) is 54.7 Å². The molecule has 0 aliphatic carbocycles. The van der Waals surface area contributed by atoms with Gasteiger partial charge in [-0.05, 0) is 25.6 Å². The van der Waals surface area contributed by atoms with Crippen LogP contribution in [0.1, 0.15) is 34.3 Å². The van der Waals surface area contributed by atoms with E-state index in [2.05, 4.69) is 6.92 Å². The van der Waals surface area contributed by atoms with E-state index < -0.39 is 5.60 Å². The molecule has 1 aromatic rings. The number of ketones is 1. The molecular formula is C15H23NO3S. The summed E-state index contributed by atoms with van der Waals surface area (Å²) in [5.41, 5.74) is -0.711. The first-order valence-corrected chi connectivity index (χ1v) is 7.95. The summed E-state index contributed by atoms with van der Waals surface area (Å²) in [6, 6.07) is 3.92. The Bertz CT molecular complexity index is 452. The van der Waals surface area contributed by atoms with Crippen molar-refractivity contribution in [2.45, 2.75) is 31.8 Å². The number of aryl methyl sites for hydroxylation is 1. The van der Waals surface area contributed by atoms with Crippen molar-refractivity contribution in [3.8, 4) is 0 Å². The lowest BCUT2D eigenvalue weighted by Gasteiger charge is -2.35. The molecule has 1 aliphatic heterocycles. The molecule has 20 heavy (non-hydrogen) atoms. The smallest absolute Gasteiger partial charge is 0.186 e. The number of hydrogen-bond donors (Lipinski definition) is 1. The van der Waals surface area contributed by atoms with Gasteiger partial charge in [-0.15, -0.1) is 11.3 Å². The molecule has 5 heteroatoms. The van der Waals surface area contributed by atoms with Gasteiger partial charge in [-0.25, -0.2) is 0 Å². The maximum Gasteiger partial charge on any atom is 0.186 e. The maximum absolute atomic E-state index is 12.2. The van der Waals surface area contributed by atoms with Crippen molar-refractivity contribution in [1.29, 1.82) is 0 Å². The molecule has 0 radical (unpaired) electrons. The lowest BCUT2D eigenvalue weighted by molar-refractivity contribution is -0.0758. The summed E-state index contributed by atoms with van der Waals surface area (Å²) in [4.78, 5) is 16.2. The van der Waals surface area contributed by atoms with Crippen molar-refractivity contribution in [3.63, 3.8) is 0 Å². The fourth-order valence-electron chi connectivity index (χ4n) is 2.51. The van der Waals surface area contributed by atoms with Gasteiger partial charge in [0, 0.05) is 37.5 Å². The van der Waals surface area contributed by atoms with Crippen molar-refractivity contribution in [2.24, 2.45) is 0 Å². The first-order valence-electron chi connectivity index (χ1n) is 7.13. The molecule has 1 fully saturated rings. The molecule has 0 saturated carbocycles. The lowest BCUT2D eigenvalue weighted by Crippen LogP contribution is -2.46. The zero-order valence-electron chi connectivity index (χ0n) is 12.2. The van der Waals surface area contributed by atoms with Gasteiger partial charge in [0.05, 0.1) is 17.0 Å². The van der Waals surface area contributed by atoms with Crippen molar-refractivity contribution in [3.05, 3.63) is 21.9 Å². The minimum Gasteiger partial charge on any atom is -0.388 e. The first kappa shape index (κ1) is 15.6. The molecule has 0 amide bonds. The number of nitrogens with zero attached hydrogens (tertiary/aromatic N) is 1. The number of ether oxygens (including phenoxy) is 1. The zero-order chi connectivity index (χ0) is 14.6. The molecule has 1 N–H and O–H groups in total. The van der Waals surface area contributed by atoms with E-state index in [1.54, 1.807) is 11.3 Å². The number of hydrogen-bond acceptors (Lipinski definition) is 5. The van der Waals surface area contributed by atoms with Gasteiger partial charge in [0.25, 0.3) is 0 Å². The molecule has 1 saturated heterocycles. The highest BCUT2D eigenvalue weighted by Gasteiger charge is 2.31. The molecule has 2 rings (SSSR count). The molecular weight excluding hydrogens is 274 g/mol. The second kappa shape index (κ2) is 6.80. The largest absolute Gasteiger partial charge is 0.388 e. The van der Waals surface area contributed by atoms with Crippen molar-refractivity contribution in [2.75, 3.05) is 33.4 Å². The number of carbonyl (C=O) groups is 1. The van der Waals surface area contributed by atoms with Crippen LogP contribution in [0, 0.1) is 0 Å². The minimum atomic E-state index is -0.711. The van der Waals surface area contributed by atoms with Crippen LogP contribution < -0.4 is 0 Å². The number of aliphatic hydroxyl groups is 1. The fourth-order valence-corrected chi connectivity index (χ4v) is 3.39. The first-order chi connectivity index (χ1) is 9.52.